The van der Waals surface area contributed by atoms with E-state index < -0.39 is 6.03 Å². The molecule has 0 aliphatic rings. The van der Waals surface area contributed by atoms with E-state index in [1.807, 2.05) is 0 Å². The molecule has 0 N–H and O–H groups in total. The first kappa shape index (κ1) is 5.54. The largest absolute Gasteiger partial charge is 0.406 e. The number of nitrogens with zero attached hydrogens (tertiary/aromatic N) is 4. The lowest BCUT2D eigenvalue weighted by atomic mass is 11.0. The van der Waals surface area contributed by atoms with Gasteiger partial charge in [-0.25, -0.2) is 9.78 Å². The van der Waals surface area contributed by atoms with Crippen LogP contribution in [0.2, 0.25) is 0 Å². The van der Waals surface area contributed by atoms with Crippen LogP contribution in [0.25, 0.3) is 0 Å². The third kappa shape index (κ3) is 0.958. The second kappa shape index (κ2) is 2.12. The molecule has 0 spiro atoms. The molecule has 0 atom stereocenters. The first-order valence-electron chi connectivity index (χ1n) is 2.07. The molecule has 0 aliphatic carbocycles. The molecule has 1 rings (SSSR count). The van der Waals surface area contributed by atoms with Crippen molar-refractivity contribution in [3.8, 4) is 0 Å². The third-order valence-electron chi connectivity index (χ3n) is 0.693. The second-order valence-electron chi connectivity index (χ2n) is 1.21. The average Bonchev–Trinajstić information content (AvgIpc) is 2.37. The summed E-state index contributed by atoms with van der Waals surface area (Å²) in [5.41, 5.74) is 0. The van der Waals surface area contributed by atoms with Gasteiger partial charge in [-0.2, -0.15) is 9.78 Å². The van der Waals surface area contributed by atoms with Crippen LogP contribution in [0.5, 0.6) is 0 Å². The summed E-state index contributed by atoms with van der Waals surface area (Å²) >= 11 is 0. The smallest absolute Gasteiger partial charge is 0.240 e. The van der Waals surface area contributed by atoms with Gasteiger partial charge in [0.1, 0.15) is 12.7 Å². The number of nitroso groups, excluding NO2 is 1. The maximum absolute atomic E-state index is 10.3. The minimum absolute atomic E-state index is 0.743. The lowest BCUT2D eigenvalue weighted by molar-refractivity contribution is 0.247. The van der Waals surface area contributed by atoms with Crippen LogP contribution in [0.1, 0.15) is 0 Å². The van der Waals surface area contributed by atoms with E-state index in [2.05, 4.69) is 15.3 Å². The molecular weight excluding hydrogens is 124 g/mol. The maximum atomic E-state index is 10.3. The number of hydrogen-bond acceptors (Lipinski definition) is 4. The van der Waals surface area contributed by atoms with E-state index in [0.717, 1.165) is 17.3 Å². The molecule has 0 saturated carbocycles. The standard InChI is InChI=1S/C3H2N4O2/c8-3(6-9)7-2-4-1-5-7/h1-2H. The summed E-state index contributed by atoms with van der Waals surface area (Å²) in [7, 11) is 0. The van der Waals surface area contributed by atoms with Crippen molar-refractivity contribution in [2.75, 3.05) is 0 Å². The molecule has 0 saturated heterocycles. The maximum Gasteiger partial charge on any atom is 0.406 e. The van der Waals surface area contributed by atoms with Crippen molar-refractivity contribution in [3.05, 3.63) is 17.6 Å². The topological polar surface area (TPSA) is 77.2 Å². The summed E-state index contributed by atoms with van der Waals surface area (Å²) in [4.78, 5) is 23.2. The van der Waals surface area contributed by atoms with Gasteiger partial charge in [0, 0.05) is 5.18 Å². The van der Waals surface area contributed by atoms with Gasteiger partial charge >= 0.3 is 6.03 Å². The monoisotopic (exact) mass is 126 g/mol. The highest BCUT2D eigenvalue weighted by Crippen LogP contribution is 1.81. The van der Waals surface area contributed by atoms with Crippen LogP contribution in [0.4, 0.5) is 4.79 Å². The highest BCUT2D eigenvalue weighted by molar-refractivity contribution is 5.75. The van der Waals surface area contributed by atoms with E-state index in [9.17, 15) is 9.70 Å². The molecule has 6 heteroatoms. The minimum Gasteiger partial charge on any atom is -0.240 e. The van der Waals surface area contributed by atoms with Crippen LogP contribution in [0, 0.1) is 4.91 Å². The molecule has 0 bridgehead atoms. The van der Waals surface area contributed by atoms with E-state index in [1.54, 1.807) is 0 Å². The Bertz CT molecular complexity index is 216. The zero-order chi connectivity index (χ0) is 6.69. The van der Waals surface area contributed by atoms with E-state index in [1.165, 1.54) is 0 Å². The van der Waals surface area contributed by atoms with Crippen LogP contribution in [0.3, 0.4) is 0 Å². The fourth-order valence-corrected chi connectivity index (χ4v) is 0.349. The van der Waals surface area contributed by atoms with Crippen molar-refractivity contribution in [2.24, 2.45) is 5.18 Å². The van der Waals surface area contributed by atoms with Crippen molar-refractivity contribution in [3.63, 3.8) is 0 Å². The van der Waals surface area contributed by atoms with Crippen LogP contribution in [-0.2, 0) is 0 Å². The first-order chi connectivity index (χ1) is 4.34. The minimum atomic E-state index is -0.965. The average molecular weight is 126 g/mol. The Labute approximate surface area is 49.5 Å². The number of carbonyl (C=O) groups is 1. The Hall–Kier alpha value is -1.59. The lowest BCUT2D eigenvalue weighted by Crippen LogP contribution is -2.05. The van der Waals surface area contributed by atoms with Gasteiger partial charge in [-0.15, -0.1) is 4.91 Å². The van der Waals surface area contributed by atoms with Crippen molar-refractivity contribution in [1.82, 2.24) is 14.8 Å². The summed E-state index contributed by atoms with van der Waals surface area (Å²) in [6, 6.07) is -0.965. The highest BCUT2D eigenvalue weighted by Gasteiger charge is 2.01. The molecular formula is C3H2N4O2. The molecule has 0 unspecified atom stereocenters. The van der Waals surface area contributed by atoms with Crippen LogP contribution in [-0.4, -0.2) is 20.8 Å². The summed E-state index contributed by atoms with van der Waals surface area (Å²) in [5.74, 6) is 0. The number of carbonyl (C=O) groups excluding carboxylic acids is 1. The number of amides is 1. The normalized spacial score (nSPS) is 8.89. The van der Waals surface area contributed by atoms with Gasteiger partial charge < -0.3 is 0 Å². The van der Waals surface area contributed by atoms with E-state index in [-0.39, 0.29) is 0 Å². The van der Waals surface area contributed by atoms with Gasteiger partial charge in [-0.1, -0.05) is 0 Å². The van der Waals surface area contributed by atoms with Crippen molar-refractivity contribution < 1.29 is 4.79 Å². The van der Waals surface area contributed by atoms with Gasteiger partial charge in [0.2, 0.25) is 0 Å². The number of rotatable bonds is 0. The molecule has 0 aliphatic heterocycles. The Morgan fingerprint density at radius 2 is 2.44 bits per heavy atom. The number of aromatic nitrogens is 3. The predicted octanol–water partition coefficient (Wildman–Crippen LogP) is 0.0126. The summed E-state index contributed by atoms with van der Waals surface area (Å²) < 4.78 is 0.743. The summed E-state index contributed by atoms with van der Waals surface area (Å²) in [6.45, 7) is 0. The predicted molar refractivity (Wildman–Crippen MR) is 26.6 cm³/mol. The molecule has 6 nitrogen and oxygen atoms in total. The Balaban J connectivity index is 2.89. The van der Waals surface area contributed by atoms with E-state index in [4.69, 9.17) is 0 Å². The zero-order valence-electron chi connectivity index (χ0n) is 4.26. The fourth-order valence-electron chi connectivity index (χ4n) is 0.349. The van der Waals surface area contributed by atoms with Gasteiger partial charge in [0.25, 0.3) is 0 Å². The molecule has 0 fully saturated rings. The fraction of sp³-hybridized carbons (Fsp3) is 0. The van der Waals surface area contributed by atoms with E-state index >= 15 is 0 Å². The van der Waals surface area contributed by atoms with Crippen molar-refractivity contribution >= 4 is 6.03 Å². The Kier molecular flexibility index (Phi) is 1.31. The van der Waals surface area contributed by atoms with Crippen molar-refractivity contribution in [1.29, 1.82) is 0 Å². The number of hydrogen-bond donors (Lipinski definition) is 0. The SMILES string of the molecule is O=NC(=O)n1cncn1. The summed E-state index contributed by atoms with van der Waals surface area (Å²) in [5, 5.41) is 5.45. The highest BCUT2D eigenvalue weighted by atomic mass is 16.3. The molecule has 1 aromatic rings. The van der Waals surface area contributed by atoms with Crippen LogP contribution < -0.4 is 0 Å². The second-order valence-corrected chi connectivity index (χ2v) is 1.21. The molecule has 0 aromatic carbocycles. The molecule has 1 aromatic heterocycles. The van der Waals surface area contributed by atoms with Gasteiger partial charge in [0.05, 0.1) is 0 Å². The van der Waals surface area contributed by atoms with Crippen LogP contribution in [0.15, 0.2) is 17.8 Å². The quantitative estimate of drug-likeness (QED) is 0.459. The Morgan fingerprint density at radius 1 is 1.67 bits per heavy atom. The lowest BCUT2D eigenvalue weighted by Gasteiger charge is -1.82. The van der Waals surface area contributed by atoms with Gasteiger partial charge in [-0.05, 0) is 0 Å². The Morgan fingerprint density at radius 3 is 2.89 bits per heavy atom. The molecule has 1 heterocycles. The zero-order valence-corrected chi connectivity index (χ0v) is 4.26. The molecule has 9 heavy (non-hydrogen) atoms. The van der Waals surface area contributed by atoms with Crippen LogP contribution >= 0.6 is 0 Å². The molecule has 1 amide bonds. The third-order valence-corrected chi connectivity index (χ3v) is 0.693. The van der Waals surface area contributed by atoms with Crippen molar-refractivity contribution in [2.45, 2.75) is 0 Å². The van der Waals surface area contributed by atoms with E-state index in [0.29, 0.717) is 0 Å². The van der Waals surface area contributed by atoms with Gasteiger partial charge in [0.15, 0.2) is 0 Å². The first-order valence-corrected chi connectivity index (χ1v) is 2.07. The molecule has 0 radical (unpaired) electrons. The molecule has 46 valence electrons. The van der Waals surface area contributed by atoms with Gasteiger partial charge in [-0.3, -0.25) is 0 Å². The summed E-state index contributed by atoms with van der Waals surface area (Å²) in [6.07, 6.45) is 2.24.